The van der Waals surface area contributed by atoms with Gasteiger partial charge in [0.15, 0.2) is 5.76 Å². The fraction of sp³-hybridized carbons (Fsp3) is 0.310. The first kappa shape index (κ1) is 24.4. The van der Waals surface area contributed by atoms with Crippen molar-refractivity contribution >= 4 is 40.3 Å². The standard InChI is InChI=1S/C29H29N7O4/c1-34-13-17(26-23(7-8-31-28(26)34)36-14-20-4-5-21(15-36)39-20)9-25-27(37)22-10-18(3-6-24(22)40-25)33-29(38)32-12-19-11-30-16-35(19)2/h3,6-11,13,16,20-21H,4-5,12,14-15H2,1-2H3,(H2,32,33,38)/b25-9-. The zero-order valence-electron chi connectivity index (χ0n) is 22.3. The monoisotopic (exact) mass is 539 g/mol. The number of amides is 2. The molecular formula is C29H29N7O4. The van der Waals surface area contributed by atoms with Gasteiger partial charge in [-0.3, -0.25) is 4.79 Å². The van der Waals surface area contributed by atoms with Crippen LogP contribution in [0.4, 0.5) is 16.2 Å². The highest BCUT2D eigenvalue weighted by Gasteiger charge is 2.35. The van der Waals surface area contributed by atoms with Gasteiger partial charge in [-0.1, -0.05) is 0 Å². The summed E-state index contributed by atoms with van der Waals surface area (Å²) in [6.45, 7) is 2.01. The van der Waals surface area contributed by atoms with Crippen LogP contribution in [0.5, 0.6) is 5.75 Å². The lowest BCUT2D eigenvalue weighted by molar-refractivity contribution is 0.0306. The lowest BCUT2D eigenvalue weighted by Crippen LogP contribution is -2.42. The number of ether oxygens (including phenoxy) is 2. The molecule has 11 heteroatoms. The molecule has 2 unspecified atom stereocenters. The Balaban J connectivity index is 1.13. The molecule has 6 heterocycles. The van der Waals surface area contributed by atoms with Gasteiger partial charge in [-0.05, 0) is 43.2 Å². The topological polar surface area (TPSA) is 116 Å². The highest BCUT2D eigenvalue weighted by molar-refractivity contribution is 6.16. The van der Waals surface area contributed by atoms with Crippen molar-refractivity contribution in [2.45, 2.75) is 31.6 Å². The average Bonchev–Trinajstić information content (AvgIpc) is 3.69. The first-order valence-electron chi connectivity index (χ1n) is 13.4. The molecular weight excluding hydrogens is 510 g/mol. The number of imidazole rings is 1. The lowest BCUT2D eigenvalue weighted by Gasteiger charge is -2.34. The maximum atomic E-state index is 13.4. The minimum Gasteiger partial charge on any atom is -0.452 e. The molecule has 204 valence electrons. The summed E-state index contributed by atoms with van der Waals surface area (Å²) in [4.78, 5) is 36.9. The van der Waals surface area contributed by atoms with E-state index < -0.39 is 0 Å². The van der Waals surface area contributed by atoms with E-state index >= 15 is 0 Å². The second-order valence-electron chi connectivity index (χ2n) is 10.5. The molecule has 2 atom stereocenters. The summed E-state index contributed by atoms with van der Waals surface area (Å²) in [5.74, 6) is 0.457. The number of morpholine rings is 1. The SMILES string of the molecule is Cn1cncc1CNC(=O)Nc1ccc2c(c1)C(=O)/C(=C/c1cn(C)c3nccc(N4CC5CCC(C4)O5)c13)O2. The number of allylic oxidation sites excluding steroid dienone is 1. The summed E-state index contributed by atoms with van der Waals surface area (Å²) < 4.78 is 15.8. The minimum absolute atomic E-state index is 0.233. The van der Waals surface area contributed by atoms with Crippen LogP contribution in [0.2, 0.25) is 0 Å². The van der Waals surface area contributed by atoms with E-state index in [1.165, 1.54) is 0 Å². The van der Waals surface area contributed by atoms with Gasteiger partial charge in [0.25, 0.3) is 0 Å². The third-order valence-electron chi connectivity index (χ3n) is 7.81. The Kier molecular flexibility index (Phi) is 5.81. The third kappa shape index (κ3) is 4.28. The van der Waals surface area contributed by atoms with Gasteiger partial charge in [-0.2, -0.15) is 0 Å². The quantitative estimate of drug-likeness (QED) is 0.372. The lowest BCUT2D eigenvalue weighted by atomic mass is 10.1. The molecule has 2 fully saturated rings. The van der Waals surface area contributed by atoms with Crippen LogP contribution >= 0.6 is 0 Å². The number of rotatable bonds is 5. The van der Waals surface area contributed by atoms with Gasteiger partial charge in [0.1, 0.15) is 11.4 Å². The van der Waals surface area contributed by atoms with Crippen LogP contribution in [-0.2, 0) is 25.4 Å². The number of urea groups is 1. The number of hydrogen-bond donors (Lipinski definition) is 2. The number of carbonyl (C=O) groups is 2. The summed E-state index contributed by atoms with van der Waals surface area (Å²) in [6, 6.07) is 6.71. The van der Waals surface area contributed by atoms with E-state index in [0.717, 1.165) is 53.9 Å². The molecule has 7 rings (SSSR count). The molecule has 2 bridgehead atoms. The van der Waals surface area contributed by atoms with E-state index in [1.807, 2.05) is 41.7 Å². The molecule has 3 aromatic heterocycles. The Bertz CT molecular complexity index is 1670. The molecule has 2 amide bonds. The van der Waals surface area contributed by atoms with Crippen molar-refractivity contribution in [3.63, 3.8) is 0 Å². The summed E-state index contributed by atoms with van der Waals surface area (Å²) >= 11 is 0. The normalized spacial score (nSPS) is 20.7. The number of pyridine rings is 1. The van der Waals surface area contributed by atoms with Crippen LogP contribution in [0.3, 0.4) is 0 Å². The molecule has 3 aliphatic rings. The summed E-state index contributed by atoms with van der Waals surface area (Å²) in [6.07, 6.45) is 11.6. The number of nitrogens with zero attached hydrogens (tertiary/aromatic N) is 5. The molecule has 40 heavy (non-hydrogen) atoms. The van der Waals surface area contributed by atoms with Gasteiger partial charge in [0.05, 0.1) is 42.0 Å². The van der Waals surface area contributed by atoms with Gasteiger partial charge >= 0.3 is 6.03 Å². The Morgan fingerprint density at radius 1 is 1.15 bits per heavy atom. The molecule has 0 aliphatic carbocycles. The van der Waals surface area contributed by atoms with E-state index in [9.17, 15) is 9.59 Å². The van der Waals surface area contributed by atoms with Crippen LogP contribution < -0.4 is 20.3 Å². The van der Waals surface area contributed by atoms with E-state index in [0.29, 0.717) is 23.5 Å². The molecule has 0 spiro atoms. The second kappa shape index (κ2) is 9.53. The van der Waals surface area contributed by atoms with E-state index in [2.05, 4.69) is 25.5 Å². The minimum atomic E-state index is -0.379. The number of hydrogen-bond acceptors (Lipinski definition) is 7. The van der Waals surface area contributed by atoms with Crippen LogP contribution in [0.25, 0.3) is 17.1 Å². The first-order valence-corrected chi connectivity index (χ1v) is 13.4. The number of fused-ring (bicyclic) bond motifs is 4. The zero-order chi connectivity index (χ0) is 27.4. The van der Waals surface area contributed by atoms with Gasteiger partial charge in [0, 0.05) is 62.4 Å². The third-order valence-corrected chi connectivity index (χ3v) is 7.81. The Labute approximate surface area is 230 Å². The van der Waals surface area contributed by atoms with E-state index in [1.54, 1.807) is 36.8 Å². The van der Waals surface area contributed by atoms with Gasteiger partial charge in [-0.15, -0.1) is 0 Å². The Morgan fingerprint density at radius 2 is 1.98 bits per heavy atom. The van der Waals surface area contributed by atoms with Gasteiger partial charge in [0.2, 0.25) is 5.78 Å². The Morgan fingerprint density at radius 3 is 2.75 bits per heavy atom. The average molecular weight is 540 g/mol. The van der Waals surface area contributed by atoms with Crippen LogP contribution in [0.15, 0.2) is 54.9 Å². The van der Waals surface area contributed by atoms with E-state index in [4.69, 9.17) is 9.47 Å². The van der Waals surface area contributed by atoms with Crippen molar-refractivity contribution in [3.8, 4) is 5.75 Å². The van der Waals surface area contributed by atoms with Crippen LogP contribution in [0.1, 0.15) is 34.5 Å². The number of ketones is 1. The van der Waals surface area contributed by atoms with Crippen molar-refractivity contribution in [2.24, 2.45) is 14.1 Å². The number of nitrogens with one attached hydrogen (secondary N) is 2. The number of carbonyl (C=O) groups excluding carboxylic acids is 2. The van der Waals surface area contributed by atoms with Crippen molar-refractivity contribution in [3.05, 3.63) is 71.8 Å². The molecule has 3 aliphatic heterocycles. The summed E-state index contributed by atoms with van der Waals surface area (Å²) in [5.41, 5.74) is 4.56. The Hall–Kier alpha value is -4.64. The molecule has 0 radical (unpaired) electrons. The molecule has 2 saturated heterocycles. The smallest absolute Gasteiger partial charge is 0.319 e. The predicted molar refractivity (Wildman–Crippen MR) is 149 cm³/mol. The maximum absolute atomic E-state index is 13.4. The van der Waals surface area contributed by atoms with Crippen molar-refractivity contribution in [1.29, 1.82) is 0 Å². The number of benzene rings is 1. The molecule has 1 aromatic carbocycles. The van der Waals surface area contributed by atoms with Gasteiger partial charge < -0.3 is 34.1 Å². The van der Waals surface area contributed by atoms with Crippen molar-refractivity contribution in [1.82, 2.24) is 24.4 Å². The number of aryl methyl sites for hydroxylation is 2. The maximum Gasteiger partial charge on any atom is 0.319 e. The van der Waals surface area contributed by atoms with E-state index in [-0.39, 0.29) is 29.8 Å². The van der Waals surface area contributed by atoms with Gasteiger partial charge in [-0.25, -0.2) is 14.8 Å². The van der Waals surface area contributed by atoms with Crippen LogP contribution in [-0.4, -0.2) is 56.2 Å². The number of anilines is 2. The predicted octanol–water partition coefficient (Wildman–Crippen LogP) is 3.61. The van der Waals surface area contributed by atoms with Crippen LogP contribution in [0, 0.1) is 0 Å². The molecule has 4 aromatic rings. The van der Waals surface area contributed by atoms with Crippen molar-refractivity contribution in [2.75, 3.05) is 23.3 Å². The summed E-state index contributed by atoms with van der Waals surface area (Å²) in [7, 11) is 3.81. The fourth-order valence-electron chi connectivity index (χ4n) is 5.81. The number of aromatic nitrogens is 4. The van der Waals surface area contributed by atoms with Crippen molar-refractivity contribution < 1.29 is 19.1 Å². The highest BCUT2D eigenvalue weighted by Crippen LogP contribution is 2.38. The first-order chi connectivity index (χ1) is 19.4. The zero-order valence-corrected chi connectivity index (χ0v) is 22.3. The largest absolute Gasteiger partial charge is 0.452 e. The second-order valence-corrected chi connectivity index (χ2v) is 10.5. The molecule has 2 N–H and O–H groups in total. The molecule has 0 saturated carbocycles. The molecule has 11 nitrogen and oxygen atoms in total. The number of Topliss-reactive ketones (excluding diaryl/α,β-unsaturated/α-hetero) is 1. The fourth-order valence-corrected chi connectivity index (χ4v) is 5.81. The summed E-state index contributed by atoms with van der Waals surface area (Å²) in [5, 5.41) is 6.57. The highest BCUT2D eigenvalue weighted by atomic mass is 16.5.